The Kier molecular flexibility index (Phi) is 8.45. The van der Waals surface area contributed by atoms with Crippen LogP contribution in [0.4, 0.5) is 0 Å². The number of carbonyl (C=O) groups excluding carboxylic acids is 2. The summed E-state index contributed by atoms with van der Waals surface area (Å²) in [6.45, 7) is 5.67. The normalized spacial score (nSPS) is 25.0. The van der Waals surface area contributed by atoms with Crippen molar-refractivity contribution >= 4 is 29.6 Å². The number of aliphatic imine (C=N–C) groups is 1. The Hall–Kier alpha value is -0.0100. The van der Waals surface area contributed by atoms with Crippen LogP contribution in [0.1, 0.15) is 33.6 Å². The summed E-state index contributed by atoms with van der Waals surface area (Å²) in [5.41, 5.74) is -1.02. The van der Waals surface area contributed by atoms with E-state index in [1.165, 1.54) is 0 Å². The molecule has 0 aromatic rings. The van der Waals surface area contributed by atoms with Crippen LogP contribution in [0.15, 0.2) is 4.99 Å². The second-order valence-corrected chi connectivity index (χ2v) is 4.20. The van der Waals surface area contributed by atoms with Gasteiger partial charge in [0.05, 0.1) is 0 Å². The van der Waals surface area contributed by atoms with E-state index in [0.29, 0.717) is 6.42 Å². The number of carbonyl (C=O) groups is 2. The molecule has 0 aliphatic carbocycles. The van der Waals surface area contributed by atoms with E-state index in [1.54, 1.807) is 0 Å². The molecule has 2 amide bonds. The summed E-state index contributed by atoms with van der Waals surface area (Å²) in [5, 5.41) is 2.46. The Balaban J connectivity index is 0. The van der Waals surface area contributed by atoms with Gasteiger partial charge in [-0.05, 0) is 17.5 Å². The van der Waals surface area contributed by atoms with E-state index in [0.717, 1.165) is 6.42 Å². The minimum atomic E-state index is -1.02. The Morgan fingerprint density at radius 2 is 1.94 bits per heavy atom. The van der Waals surface area contributed by atoms with E-state index >= 15 is 0 Å². The second kappa shape index (κ2) is 7.43. The predicted molar refractivity (Wildman–Crippen MR) is 63.7 cm³/mol. The number of rotatable bonds is 3. The zero-order valence-corrected chi connectivity index (χ0v) is 13.5. The van der Waals surface area contributed by atoms with Gasteiger partial charge >= 0.3 is 29.6 Å². The van der Waals surface area contributed by atoms with Crippen LogP contribution in [0.25, 0.3) is 0 Å². The molecule has 0 aromatic carbocycles. The molecule has 0 fully saturated rings. The summed E-state index contributed by atoms with van der Waals surface area (Å²) in [4.78, 5) is 27.4. The van der Waals surface area contributed by atoms with Crippen molar-refractivity contribution in [2.24, 2.45) is 16.3 Å². The fourth-order valence-electron chi connectivity index (χ4n) is 1.97. The number of nitrogens with one attached hydrogen (secondary N) is 1. The van der Waals surface area contributed by atoms with Gasteiger partial charge in [-0.2, -0.15) is 0 Å². The Bertz CT molecular complexity index is 336. The first-order valence-electron chi connectivity index (χ1n) is 5.10. The van der Waals surface area contributed by atoms with Crippen molar-refractivity contribution in [3.8, 4) is 0 Å². The van der Waals surface area contributed by atoms with E-state index in [2.05, 4.69) is 10.3 Å². The van der Waals surface area contributed by atoms with Crippen molar-refractivity contribution < 1.29 is 44.6 Å². The summed E-state index contributed by atoms with van der Waals surface area (Å²) in [5.74, 6) is -0.723. The molecule has 0 saturated heterocycles. The van der Waals surface area contributed by atoms with E-state index < -0.39 is 11.3 Å². The van der Waals surface area contributed by atoms with E-state index in [1.807, 2.05) is 20.8 Å². The van der Waals surface area contributed by atoms with Gasteiger partial charge in [0.15, 0.2) is 0 Å². The summed E-state index contributed by atoms with van der Waals surface area (Å²) >= 11 is 4.71. The Labute approximate surface area is 129 Å². The van der Waals surface area contributed by atoms with Crippen LogP contribution in [0.2, 0.25) is 0 Å². The fraction of sp³-hybridized carbons (Fsp3) is 0.700. The third kappa shape index (κ3) is 3.26. The smallest absolute Gasteiger partial charge is 0.742 e. The minimum Gasteiger partial charge on any atom is -0.742 e. The summed E-state index contributed by atoms with van der Waals surface area (Å²) in [7, 11) is 0. The molecular weight excluding hydrogens is 251 g/mol. The predicted octanol–water partition coefficient (Wildman–Crippen LogP) is -2.83. The van der Waals surface area contributed by atoms with Crippen molar-refractivity contribution in [3.05, 3.63) is 0 Å². The first kappa shape index (κ1) is 19.3. The van der Waals surface area contributed by atoms with Gasteiger partial charge in [0.25, 0.3) is 5.91 Å². The molecule has 0 saturated carbocycles. The van der Waals surface area contributed by atoms with Gasteiger partial charge in [-0.1, -0.05) is 27.2 Å². The average molecular weight is 268 g/mol. The van der Waals surface area contributed by atoms with Gasteiger partial charge in [0, 0.05) is 0 Å². The van der Waals surface area contributed by atoms with Crippen LogP contribution in [0, 0.1) is 11.3 Å². The molecule has 1 heterocycles. The molecular formula is C10H17N2NaO3S. The zero-order valence-electron chi connectivity index (χ0n) is 10.7. The maximum atomic E-state index is 11.9. The van der Waals surface area contributed by atoms with Crippen molar-refractivity contribution in [1.29, 1.82) is 0 Å². The molecule has 2 unspecified atom stereocenters. The number of hydrogen-bond acceptors (Lipinski definition) is 3. The zero-order chi connectivity index (χ0) is 11.6. The van der Waals surface area contributed by atoms with E-state index in [9.17, 15) is 9.59 Å². The van der Waals surface area contributed by atoms with Gasteiger partial charge in [-0.15, -0.1) is 0 Å². The van der Waals surface area contributed by atoms with Crippen LogP contribution in [0.3, 0.4) is 0 Å². The second-order valence-electron chi connectivity index (χ2n) is 3.81. The molecule has 2 atom stereocenters. The van der Waals surface area contributed by atoms with Crippen molar-refractivity contribution in [1.82, 2.24) is 5.32 Å². The third-order valence-corrected chi connectivity index (χ3v) is 3.42. The summed E-state index contributed by atoms with van der Waals surface area (Å²) < 4.78 is 0. The molecule has 0 spiro atoms. The number of amidine groups is 1. The van der Waals surface area contributed by atoms with Gasteiger partial charge in [0.2, 0.25) is 5.91 Å². The van der Waals surface area contributed by atoms with Crippen molar-refractivity contribution in [3.63, 3.8) is 0 Å². The molecule has 0 aromatic heterocycles. The van der Waals surface area contributed by atoms with E-state index in [-0.39, 0.29) is 52.0 Å². The molecule has 5 nitrogen and oxygen atoms in total. The molecule has 1 aliphatic heterocycles. The maximum Gasteiger partial charge on any atom is 1.00 e. The maximum absolute atomic E-state index is 11.9. The molecule has 7 heteroatoms. The third-order valence-electron chi connectivity index (χ3n) is 3.22. The van der Waals surface area contributed by atoms with Crippen LogP contribution in [-0.2, 0) is 22.2 Å². The first-order chi connectivity index (χ1) is 6.98. The molecule has 1 rings (SSSR count). The molecule has 0 radical (unpaired) electrons. The summed E-state index contributed by atoms with van der Waals surface area (Å²) in [6, 6.07) is 0. The monoisotopic (exact) mass is 268 g/mol. The van der Waals surface area contributed by atoms with Crippen LogP contribution in [-0.4, -0.2) is 22.5 Å². The first-order valence-corrected chi connectivity index (χ1v) is 5.51. The number of amides is 2. The molecule has 3 N–H and O–H groups in total. The van der Waals surface area contributed by atoms with Gasteiger partial charge in [-0.25, -0.2) is 4.99 Å². The fourth-order valence-corrected chi connectivity index (χ4v) is 2.14. The molecule has 17 heavy (non-hydrogen) atoms. The Morgan fingerprint density at radius 1 is 1.41 bits per heavy atom. The van der Waals surface area contributed by atoms with Crippen LogP contribution >= 0.6 is 0 Å². The standard InChI is InChI=1S/C10H16N2O2S.Na.H2O/c1-4-6(3)10(5-2)7(13)11-9(15)12-8(10)14;;/h6H,4-5H2,1-3H3,(H2,11,12,13,14,15);;1H2/q;+1;/p-1. The van der Waals surface area contributed by atoms with E-state index in [4.69, 9.17) is 12.6 Å². The summed E-state index contributed by atoms with van der Waals surface area (Å²) in [6.07, 6.45) is 1.22. The largest absolute Gasteiger partial charge is 1.00 e. The topological polar surface area (TPSA) is 90.0 Å². The minimum absolute atomic E-state index is 0. The quantitative estimate of drug-likeness (QED) is 0.340. The van der Waals surface area contributed by atoms with Gasteiger partial charge in [-0.3, -0.25) is 9.59 Å². The van der Waals surface area contributed by atoms with Crippen LogP contribution in [0.5, 0.6) is 0 Å². The van der Waals surface area contributed by atoms with Gasteiger partial charge < -0.3 is 23.4 Å². The number of nitrogens with zero attached hydrogens (tertiary/aromatic N) is 1. The number of hydrogen-bond donors (Lipinski definition) is 1. The molecule has 92 valence electrons. The molecule has 0 bridgehead atoms. The average Bonchev–Trinajstić information content (AvgIpc) is 2.17. The van der Waals surface area contributed by atoms with Gasteiger partial charge in [0.1, 0.15) is 5.41 Å². The SMILES string of the molecule is CCC(C)C1(CC)C(=O)N=C([S-])NC1=O.O.[Na+]. The van der Waals surface area contributed by atoms with Crippen molar-refractivity contribution in [2.75, 3.05) is 0 Å². The van der Waals surface area contributed by atoms with Crippen molar-refractivity contribution in [2.45, 2.75) is 33.6 Å². The van der Waals surface area contributed by atoms with Crippen LogP contribution < -0.4 is 34.9 Å². The Morgan fingerprint density at radius 3 is 2.29 bits per heavy atom. The molecule has 1 aliphatic rings.